The van der Waals surface area contributed by atoms with Gasteiger partial charge in [0.1, 0.15) is 13.2 Å². The SMILES string of the molecule is CC/C=C/C=C/C=C/C=C/C=C/CCCC(=O)OCC(COC(=O)CCCCCCC/C=C/C=C/C=C/C=C/C=C/CCC)OC(=O)CCCCCCCCCCCCCCCC. The van der Waals surface area contributed by atoms with Gasteiger partial charge in [0.15, 0.2) is 6.10 Å². The largest absolute Gasteiger partial charge is 0.462 e. The maximum atomic E-state index is 12.8. The summed E-state index contributed by atoms with van der Waals surface area (Å²) in [5.74, 6) is -1.02. The molecule has 0 aromatic carbocycles. The average molecular weight is 871 g/mol. The zero-order valence-electron chi connectivity index (χ0n) is 40.3. The molecule has 354 valence electrons. The van der Waals surface area contributed by atoms with E-state index < -0.39 is 6.10 Å². The van der Waals surface area contributed by atoms with Gasteiger partial charge < -0.3 is 14.2 Å². The van der Waals surface area contributed by atoms with Crippen LogP contribution in [-0.2, 0) is 28.6 Å². The lowest BCUT2D eigenvalue weighted by Crippen LogP contribution is -2.30. The number of ether oxygens (including phenoxy) is 3. The van der Waals surface area contributed by atoms with Crippen molar-refractivity contribution in [3.05, 3.63) is 122 Å². The predicted molar refractivity (Wildman–Crippen MR) is 269 cm³/mol. The van der Waals surface area contributed by atoms with Crippen LogP contribution in [0.2, 0.25) is 0 Å². The van der Waals surface area contributed by atoms with E-state index in [0.29, 0.717) is 19.3 Å². The molecule has 6 heteroatoms. The first-order valence-corrected chi connectivity index (χ1v) is 25.2. The van der Waals surface area contributed by atoms with Crippen molar-refractivity contribution < 1.29 is 28.6 Å². The van der Waals surface area contributed by atoms with E-state index in [1.54, 1.807) is 0 Å². The second-order valence-corrected chi connectivity index (χ2v) is 16.2. The lowest BCUT2D eigenvalue weighted by Gasteiger charge is -2.18. The number of hydrogen-bond acceptors (Lipinski definition) is 6. The molecule has 1 unspecified atom stereocenters. The Morgan fingerprint density at radius 1 is 0.333 bits per heavy atom. The van der Waals surface area contributed by atoms with Crippen molar-refractivity contribution in [2.45, 2.75) is 207 Å². The van der Waals surface area contributed by atoms with Crippen LogP contribution in [-0.4, -0.2) is 37.2 Å². The fourth-order valence-corrected chi connectivity index (χ4v) is 6.44. The maximum Gasteiger partial charge on any atom is 0.306 e. The van der Waals surface area contributed by atoms with Crippen LogP contribution in [0.1, 0.15) is 201 Å². The van der Waals surface area contributed by atoms with Crippen molar-refractivity contribution >= 4 is 17.9 Å². The summed E-state index contributed by atoms with van der Waals surface area (Å²) in [4.78, 5) is 37.9. The van der Waals surface area contributed by atoms with E-state index in [-0.39, 0.29) is 37.5 Å². The zero-order valence-corrected chi connectivity index (χ0v) is 40.3. The van der Waals surface area contributed by atoms with Crippen LogP contribution in [0.4, 0.5) is 0 Å². The van der Waals surface area contributed by atoms with Gasteiger partial charge in [0.05, 0.1) is 0 Å². The van der Waals surface area contributed by atoms with Gasteiger partial charge in [0, 0.05) is 19.3 Å². The molecule has 0 saturated carbocycles. The van der Waals surface area contributed by atoms with Gasteiger partial charge >= 0.3 is 17.9 Å². The molecule has 0 aromatic heterocycles. The van der Waals surface area contributed by atoms with Crippen molar-refractivity contribution in [2.24, 2.45) is 0 Å². The molecule has 0 saturated heterocycles. The van der Waals surface area contributed by atoms with E-state index in [0.717, 1.165) is 77.0 Å². The minimum absolute atomic E-state index is 0.116. The Balaban J connectivity index is 4.54. The molecule has 0 bridgehead atoms. The second-order valence-electron chi connectivity index (χ2n) is 16.2. The minimum atomic E-state index is -0.818. The van der Waals surface area contributed by atoms with Crippen LogP contribution in [0.15, 0.2) is 122 Å². The highest BCUT2D eigenvalue weighted by atomic mass is 16.6. The van der Waals surface area contributed by atoms with Gasteiger partial charge in [0.25, 0.3) is 0 Å². The summed E-state index contributed by atoms with van der Waals surface area (Å²) < 4.78 is 16.7. The zero-order chi connectivity index (χ0) is 45.8. The van der Waals surface area contributed by atoms with Crippen LogP contribution >= 0.6 is 0 Å². The Bertz CT molecular complexity index is 1370. The number of allylic oxidation sites excluding steroid dienone is 20. The van der Waals surface area contributed by atoms with E-state index in [1.807, 2.05) is 91.1 Å². The Morgan fingerprint density at radius 2 is 0.667 bits per heavy atom. The molecular formula is C57H90O6. The third kappa shape index (κ3) is 48.7. The van der Waals surface area contributed by atoms with E-state index in [9.17, 15) is 14.4 Å². The first-order valence-electron chi connectivity index (χ1n) is 25.2. The quantitative estimate of drug-likeness (QED) is 0.0263. The molecule has 1 atom stereocenters. The van der Waals surface area contributed by atoms with Crippen molar-refractivity contribution in [3.63, 3.8) is 0 Å². The van der Waals surface area contributed by atoms with Gasteiger partial charge in [-0.2, -0.15) is 0 Å². The molecule has 0 aliphatic rings. The maximum absolute atomic E-state index is 12.8. The summed E-state index contributed by atoms with van der Waals surface area (Å²) >= 11 is 0. The fourth-order valence-electron chi connectivity index (χ4n) is 6.44. The molecule has 0 amide bonds. The van der Waals surface area contributed by atoms with Crippen molar-refractivity contribution in [1.29, 1.82) is 0 Å². The molecule has 0 rings (SSSR count). The van der Waals surface area contributed by atoms with Gasteiger partial charge in [-0.3, -0.25) is 14.4 Å². The Labute approximate surface area is 386 Å². The predicted octanol–water partition coefficient (Wildman–Crippen LogP) is 16.5. The molecule has 0 spiro atoms. The summed E-state index contributed by atoms with van der Waals surface area (Å²) in [7, 11) is 0. The molecule has 0 N–H and O–H groups in total. The number of carbonyl (C=O) groups is 3. The molecule has 0 aliphatic heterocycles. The van der Waals surface area contributed by atoms with Crippen LogP contribution in [0, 0.1) is 0 Å². The number of unbranched alkanes of at least 4 members (excludes halogenated alkanes) is 20. The van der Waals surface area contributed by atoms with Crippen LogP contribution in [0.3, 0.4) is 0 Å². The molecule has 0 heterocycles. The van der Waals surface area contributed by atoms with Crippen molar-refractivity contribution in [3.8, 4) is 0 Å². The summed E-state index contributed by atoms with van der Waals surface area (Å²) in [5, 5.41) is 0. The molecule has 0 radical (unpaired) electrons. The molecule has 0 aromatic rings. The highest BCUT2D eigenvalue weighted by Crippen LogP contribution is 2.14. The first kappa shape index (κ1) is 58.8. The number of rotatable bonds is 43. The third-order valence-corrected chi connectivity index (χ3v) is 10.2. The third-order valence-electron chi connectivity index (χ3n) is 10.2. The average Bonchev–Trinajstić information content (AvgIpc) is 3.28. The van der Waals surface area contributed by atoms with Crippen molar-refractivity contribution in [2.75, 3.05) is 13.2 Å². The van der Waals surface area contributed by atoms with E-state index in [4.69, 9.17) is 14.2 Å². The van der Waals surface area contributed by atoms with Gasteiger partial charge in [-0.15, -0.1) is 0 Å². The van der Waals surface area contributed by atoms with Crippen LogP contribution in [0.5, 0.6) is 0 Å². The minimum Gasteiger partial charge on any atom is -0.462 e. The second kappa shape index (κ2) is 50.5. The summed E-state index contributed by atoms with van der Waals surface area (Å²) in [6.45, 7) is 6.30. The van der Waals surface area contributed by atoms with Gasteiger partial charge in [-0.1, -0.05) is 251 Å². The summed E-state index contributed by atoms with van der Waals surface area (Å²) in [6.07, 6.45) is 68.9. The molecule has 63 heavy (non-hydrogen) atoms. The van der Waals surface area contributed by atoms with Gasteiger partial charge in [-0.05, 0) is 51.4 Å². The highest BCUT2D eigenvalue weighted by molar-refractivity contribution is 5.71. The standard InChI is InChI=1S/C57H90O6/c1-4-7-10-13-16-19-22-25-27-28-29-30-33-35-38-41-44-47-50-56(59)62-53-54(52-61-55(58)49-46-43-40-37-34-31-24-21-18-15-12-9-6-3)63-57(60)51-48-45-42-39-36-32-26-23-20-17-14-11-8-5-2/h9-10,12-13,15-16,18-19,21-22,24-25,27-31,34,37,40,54H,4-8,11,14,17,20,23,26,32-33,35-36,38-39,41-53H2,1-3H3/b12-9+,13-10+,18-15+,19-16+,24-21+,25-22+,28-27+,30-29+,34-31+,40-37+. The highest BCUT2D eigenvalue weighted by Gasteiger charge is 2.19. The molecule has 6 nitrogen and oxygen atoms in total. The Kier molecular flexibility index (Phi) is 47.1. The number of carbonyl (C=O) groups excluding carboxylic acids is 3. The lowest BCUT2D eigenvalue weighted by molar-refractivity contribution is -0.167. The fraction of sp³-hybridized carbons (Fsp3) is 0.596. The van der Waals surface area contributed by atoms with E-state index in [2.05, 4.69) is 51.2 Å². The van der Waals surface area contributed by atoms with Crippen LogP contribution in [0.25, 0.3) is 0 Å². The topological polar surface area (TPSA) is 78.9 Å². The Morgan fingerprint density at radius 3 is 1.10 bits per heavy atom. The first-order chi connectivity index (χ1) is 31.0. The van der Waals surface area contributed by atoms with Gasteiger partial charge in [-0.25, -0.2) is 0 Å². The van der Waals surface area contributed by atoms with Crippen molar-refractivity contribution in [1.82, 2.24) is 0 Å². The smallest absolute Gasteiger partial charge is 0.306 e. The molecule has 0 fully saturated rings. The molecular weight excluding hydrogens is 781 g/mol. The number of hydrogen-bond donors (Lipinski definition) is 0. The van der Waals surface area contributed by atoms with Gasteiger partial charge in [0.2, 0.25) is 0 Å². The van der Waals surface area contributed by atoms with E-state index >= 15 is 0 Å². The number of esters is 3. The van der Waals surface area contributed by atoms with Crippen LogP contribution < -0.4 is 0 Å². The molecule has 0 aliphatic carbocycles. The monoisotopic (exact) mass is 871 g/mol. The summed E-state index contributed by atoms with van der Waals surface area (Å²) in [5.41, 5.74) is 0. The Hall–Kier alpha value is -4.19. The lowest BCUT2D eigenvalue weighted by atomic mass is 10.0. The summed E-state index contributed by atoms with van der Waals surface area (Å²) in [6, 6.07) is 0. The normalized spacial score (nSPS) is 13.1. The van der Waals surface area contributed by atoms with E-state index in [1.165, 1.54) is 77.0 Å².